The maximum Gasteiger partial charge on any atom is 0.0331 e. The smallest absolute Gasteiger partial charge is 0.0331 e. The SMILES string of the molecule is CCCC(CN)(CCC)N(C)C1CC1. The summed E-state index contributed by atoms with van der Waals surface area (Å²) in [4.78, 5) is 2.57. The Morgan fingerprint density at radius 3 is 2.00 bits per heavy atom. The highest BCUT2D eigenvalue weighted by molar-refractivity contribution is 4.97. The lowest BCUT2D eigenvalue weighted by Gasteiger charge is -2.41. The topological polar surface area (TPSA) is 29.3 Å². The van der Waals surface area contributed by atoms with Crippen LogP contribution in [0, 0.1) is 0 Å². The van der Waals surface area contributed by atoms with E-state index in [2.05, 4.69) is 25.8 Å². The van der Waals surface area contributed by atoms with E-state index in [0.717, 1.165) is 12.6 Å². The van der Waals surface area contributed by atoms with Gasteiger partial charge in [-0.3, -0.25) is 4.90 Å². The van der Waals surface area contributed by atoms with Crippen LogP contribution in [-0.4, -0.2) is 30.1 Å². The monoisotopic (exact) mass is 198 g/mol. The Morgan fingerprint density at radius 2 is 1.71 bits per heavy atom. The number of rotatable bonds is 7. The van der Waals surface area contributed by atoms with Crippen molar-refractivity contribution in [3.8, 4) is 0 Å². The Labute approximate surface area is 88.8 Å². The van der Waals surface area contributed by atoms with Gasteiger partial charge in [-0.15, -0.1) is 0 Å². The second-order valence-corrected chi connectivity index (χ2v) is 4.77. The zero-order chi connectivity index (χ0) is 10.6. The van der Waals surface area contributed by atoms with Crippen molar-refractivity contribution in [2.24, 2.45) is 5.73 Å². The van der Waals surface area contributed by atoms with Gasteiger partial charge in [-0.05, 0) is 32.7 Å². The Morgan fingerprint density at radius 1 is 1.21 bits per heavy atom. The van der Waals surface area contributed by atoms with E-state index in [4.69, 9.17) is 5.73 Å². The molecular formula is C12H26N2. The van der Waals surface area contributed by atoms with Gasteiger partial charge >= 0.3 is 0 Å². The third-order valence-electron chi connectivity index (χ3n) is 3.65. The van der Waals surface area contributed by atoms with Crippen LogP contribution in [0.5, 0.6) is 0 Å². The minimum absolute atomic E-state index is 0.296. The summed E-state index contributed by atoms with van der Waals surface area (Å²) in [5.41, 5.74) is 6.30. The van der Waals surface area contributed by atoms with E-state index in [0.29, 0.717) is 5.54 Å². The Hall–Kier alpha value is -0.0800. The van der Waals surface area contributed by atoms with Crippen molar-refractivity contribution in [3.63, 3.8) is 0 Å². The lowest BCUT2D eigenvalue weighted by molar-refractivity contribution is 0.0950. The van der Waals surface area contributed by atoms with Crippen molar-refractivity contribution < 1.29 is 0 Å². The molecule has 0 aromatic rings. The number of hydrogen-bond donors (Lipinski definition) is 1. The summed E-state index contributed by atoms with van der Waals surface area (Å²) in [5, 5.41) is 0. The molecule has 0 aromatic heterocycles. The average molecular weight is 198 g/mol. The van der Waals surface area contributed by atoms with Gasteiger partial charge in [-0.25, -0.2) is 0 Å². The zero-order valence-corrected chi connectivity index (χ0v) is 10.1. The number of likely N-dealkylation sites (N-methyl/N-ethyl adjacent to an activating group) is 1. The molecule has 84 valence electrons. The summed E-state index contributed by atoms with van der Waals surface area (Å²) in [6.07, 6.45) is 7.76. The zero-order valence-electron chi connectivity index (χ0n) is 10.1. The Balaban J connectivity index is 2.63. The van der Waals surface area contributed by atoms with Crippen molar-refractivity contribution in [2.75, 3.05) is 13.6 Å². The molecule has 0 spiro atoms. The molecule has 0 unspecified atom stereocenters. The molecule has 0 aliphatic heterocycles. The highest BCUT2D eigenvalue weighted by Gasteiger charge is 2.39. The predicted molar refractivity (Wildman–Crippen MR) is 62.4 cm³/mol. The van der Waals surface area contributed by atoms with E-state index in [1.165, 1.54) is 38.5 Å². The van der Waals surface area contributed by atoms with E-state index >= 15 is 0 Å². The fraction of sp³-hybridized carbons (Fsp3) is 1.00. The normalized spacial score (nSPS) is 17.8. The fourth-order valence-corrected chi connectivity index (χ4v) is 2.61. The van der Waals surface area contributed by atoms with Crippen LogP contribution in [0.3, 0.4) is 0 Å². The molecule has 1 aliphatic carbocycles. The standard InChI is InChI=1S/C12H26N2/c1-4-8-12(10-13,9-5-2)14(3)11-6-7-11/h11H,4-10,13H2,1-3H3. The molecule has 1 aliphatic rings. The number of hydrogen-bond acceptors (Lipinski definition) is 2. The molecule has 2 heteroatoms. The van der Waals surface area contributed by atoms with Gasteiger partial charge in [-0.1, -0.05) is 26.7 Å². The lowest BCUT2D eigenvalue weighted by atomic mass is 9.87. The minimum Gasteiger partial charge on any atom is -0.329 e. The molecule has 0 aromatic carbocycles. The first-order chi connectivity index (χ1) is 6.70. The van der Waals surface area contributed by atoms with Crippen molar-refractivity contribution in [3.05, 3.63) is 0 Å². The van der Waals surface area contributed by atoms with Crippen LogP contribution >= 0.6 is 0 Å². The molecule has 2 N–H and O–H groups in total. The van der Waals surface area contributed by atoms with E-state index in [1.54, 1.807) is 0 Å². The maximum atomic E-state index is 6.00. The summed E-state index contributed by atoms with van der Waals surface area (Å²) in [7, 11) is 2.27. The number of nitrogens with zero attached hydrogens (tertiary/aromatic N) is 1. The molecule has 1 fully saturated rings. The van der Waals surface area contributed by atoms with E-state index in [9.17, 15) is 0 Å². The van der Waals surface area contributed by atoms with Crippen LogP contribution in [-0.2, 0) is 0 Å². The molecule has 14 heavy (non-hydrogen) atoms. The second-order valence-electron chi connectivity index (χ2n) is 4.77. The first-order valence-corrected chi connectivity index (χ1v) is 6.13. The average Bonchev–Trinajstić information content (AvgIpc) is 2.99. The largest absolute Gasteiger partial charge is 0.329 e. The Kier molecular flexibility index (Phi) is 4.39. The molecule has 2 nitrogen and oxygen atoms in total. The van der Waals surface area contributed by atoms with Gasteiger partial charge in [0.2, 0.25) is 0 Å². The van der Waals surface area contributed by atoms with Crippen LogP contribution < -0.4 is 5.73 Å². The lowest BCUT2D eigenvalue weighted by Crippen LogP contribution is -2.52. The predicted octanol–water partition coefficient (Wildman–Crippen LogP) is 2.38. The van der Waals surface area contributed by atoms with Gasteiger partial charge in [0.05, 0.1) is 0 Å². The minimum atomic E-state index is 0.296. The summed E-state index contributed by atoms with van der Waals surface area (Å²) in [5.74, 6) is 0. The van der Waals surface area contributed by atoms with Crippen molar-refractivity contribution >= 4 is 0 Å². The van der Waals surface area contributed by atoms with E-state index in [-0.39, 0.29) is 0 Å². The molecule has 1 saturated carbocycles. The molecular weight excluding hydrogens is 172 g/mol. The van der Waals surface area contributed by atoms with Crippen LogP contribution in [0.1, 0.15) is 52.4 Å². The van der Waals surface area contributed by atoms with Gasteiger partial charge in [0.25, 0.3) is 0 Å². The van der Waals surface area contributed by atoms with Crippen molar-refractivity contribution in [1.29, 1.82) is 0 Å². The second kappa shape index (κ2) is 5.13. The van der Waals surface area contributed by atoms with Crippen LogP contribution in [0.4, 0.5) is 0 Å². The van der Waals surface area contributed by atoms with Gasteiger partial charge in [0.1, 0.15) is 0 Å². The molecule has 1 rings (SSSR count). The third-order valence-corrected chi connectivity index (χ3v) is 3.65. The summed E-state index contributed by atoms with van der Waals surface area (Å²) < 4.78 is 0. The third kappa shape index (κ3) is 2.48. The van der Waals surface area contributed by atoms with E-state index in [1.807, 2.05) is 0 Å². The van der Waals surface area contributed by atoms with E-state index < -0.39 is 0 Å². The molecule has 0 bridgehead atoms. The van der Waals surface area contributed by atoms with Gasteiger partial charge < -0.3 is 5.73 Å². The number of nitrogens with two attached hydrogens (primary N) is 1. The van der Waals surface area contributed by atoms with Crippen LogP contribution in [0.25, 0.3) is 0 Å². The molecule has 0 amide bonds. The van der Waals surface area contributed by atoms with Crippen LogP contribution in [0.2, 0.25) is 0 Å². The highest BCUT2D eigenvalue weighted by Crippen LogP contribution is 2.35. The quantitative estimate of drug-likeness (QED) is 0.680. The summed E-state index contributed by atoms with van der Waals surface area (Å²) in [6, 6.07) is 0.830. The fourth-order valence-electron chi connectivity index (χ4n) is 2.61. The van der Waals surface area contributed by atoms with Crippen molar-refractivity contribution in [1.82, 2.24) is 4.90 Å². The molecule has 0 saturated heterocycles. The maximum absolute atomic E-state index is 6.00. The molecule has 0 atom stereocenters. The van der Waals surface area contributed by atoms with Crippen LogP contribution in [0.15, 0.2) is 0 Å². The molecule has 0 radical (unpaired) electrons. The highest BCUT2D eigenvalue weighted by atomic mass is 15.2. The summed E-state index contributed by atoms with van der Waals surface area (Å²) >= 11 is 0. The molecule has 0 heterocycles. The van der Waals surface area contributed by atoms with Gasteiger partial charge in [0.15, 0.2) is 0 Å². The van der Waals surface area contributed by atoms with Gasteiger partial charge in [-0.2, -0.15) is 0 Å². The first-order valence-electron chi connectivity index (χ1n) is 6.13. The van der Waals surface area contributed by atoms with Gasteiger partial charge in [0, 0.05) is 18.1 Å². The summed E-state index contributed by atoms with van der Waals surface area (Å²) in [6.45, 7) is 5.35. The van der Waals surface area contributed by atoms with Crippen molar-refractivity contribution in [2.45, 2.75) is 64.0 Å². The first kappa shape index (κ1) is 12.0. The Bertz CT molecular complexity index is 158.